The van der Waals surface area contributed by atoms with E-state index >= 15 is 0 Å². The summed E-state index contributed by atoms with van der Waals surface area (Å²) in [7, 11) is -3.07. The van der Waals surface area contributed by atoms with Crippen LogP contribution in [-0.2, 0) is 21.2 Å². The van der Waals surface area contributed by atoms with E-state index in [2.05, 4.69) is 0 Å². The van der Waals surface area contributed by atoms with Gasteiger partial charge in [-0.25, -0.2) is 8.42 Å². The molecule has 2 aromatic rings. The Labute approximate surface area is 159 Å². The van der Waals surface area contributed by atoms with Gasteiger partial charge in [0.25, 0.3) is 0 Å². The summed E-state index contributed by atoms with van der Waals surface area (Å²) in [5.74, 6) is -0.0248. The maximum atomic E-state index is 12.8. The number of halogens is 1. The predicted octanol–water partition coefficient (Wildman–Crippen LogP) is 3.57. The zero-order valence-corrected chi connectivity index (χ0v) is 15.8. The van der Waals surface area contributed by atoms with E-state index in [1.54, 1.807) is 23.1 Å². The van der Waals surface area contributed by atoms with Gasteiger partial charge in [0.15, 0.2) is 9.84 Å². The standard InChI is InChI=1S/C20H20ClNO3S/c21-18-9-6-16(7-10-18)8-11-20(23)22(14-17-4-2-1-3-5-17)19-12-13-26(24,25)15-19/h1-11,19H,12-15H2/b11-8+. The lowest BCUT2D eigenvalue weighted by Gasteiger charge is -2.27. The SMILES string of the molecule is O=C(/C=C/c1ccc(Cl)cc1)N(Cc1ccccc1)C1CCS(=O)(=O)C1. The molecule has 2 aromatic carbocycles. The summed E-state index contributed by atoms with van der Waals surface area (Å²) in [5, 5.41) is 0.635. The number of rotatable bonds is 5. The lowest BCUT2D eigenvalue weighted by molar-refractivity contribution is -0.128. The van der Waals surface area contributed by atoms with Crippen molar-refractivity contribution in [2.24, 2.45) is 0 Å². The van der Waals surface area contributed by atoms with Crippen LogP contribution in [0.25, 0.3) is 6.08 Å². The van der Waals surface area contributed by atoms with Gasteiger partial charge in [-0.3, -0.25) is 4.79 Å². The molecule has 1 atom stereocenters. The number of carbonyl (C=O) groups excluding carboxylic acids is 1. The van der Waals surface area contributed by atoms with E-state index in [0.29, 0.717) is 18.0 Å². The first-order valence-electron chi connectivity index (χ1n) is 8.41. The van der Waals surface area contributed by atoms with Crippen molar-refractivity contribution in [2.75, 3.05) is 11.5 Å². The Bertz CT molecular complexity index is 892. The molecule has 0 saturated carbocycles. The van der Waals surface area contributed by atoms with Gasteiger partial charge in [-0.15, -0.1) is 0 Å². The van der Waals surface area contributed by atoms with E-state index in [-0.39, 0.29) is 23.5 Å². The van der Waals surface area contributed by atoms with Crippen LogP contribution >= 0.6 is 11.6 Å². The third kappa shape index (κ3) is 4.96. The lowest BCUT2D eigenvalue weighted by Crippen LogP contribution is -2.39. The van der Waals surface area contributed by atoms with E-state index in [4.69, 9.17) is 11.6 Å². The molecule has 0 radical (unpaired) electrons. The van der Waals surface area contributed by atoms with Crippen molar-refractivity contribution < 1.29 is 13.2 Å². The van der Waals surface area contributed by atoms with E-state index in [9.17, 15) is 13.2 Å². The molecule has 1 heterocycles. The van der Waals surface area contributed by atoms with Crippen LogP contribution < -0.4 is 0 Å². The molecule has 0 N–H and O–H groups in total. The number of amides is 1. The summed E-state index contributed by atoms with van der Waals surface area (Å²) >= 11 is 5.87. The Morgan fingerprint density at radius 2 is 1.81 bits per heavy atom. The minimum atomic E-state index is -3.07. The fourth-order valence-corrected chi connectivity index (χ4v) is 4.88. The van der Waals surface area contributed by atoms with Crippen LogP contribution in [-0.4, -0.2) is 36.8 Å². The van der Waals surface area contributed by atoms with Gasteiger partial charge >= 0.3 is 0 Å². The van der Waals surface area contributed by atoms with Crippen molar-refractivity contribution >= 4 is 33.4 Å². The van der Waals surface area contributed by atoms with Crippen molar-refractivity contribution in [3.05, 3.63) is 76.8 Å². The molecule has 0 bridgehead atoms. The molecule has 1 aliphatic heterocycles. The maximum Gasteiger partial charge on any atom is 0.247 e. The summed E-state index contributed by atoms with van der Waals surface area (Å²) in [4.78, 5) is 14.5. The molecule has 26 heavy (non-hydrogen) atoms. The van der Waals surface area contributed by atoms with Crippen LogP contribution in [0, 0.1) is 0 Å². The molecule has 6 heteroatoms. The van der Waals surface area contributed by atoms with Crippen molar-refractivity contribution in [1.29, 1.82) is 0 Å². The van der Waals surface area contributed by atoms with Crippen LogP contribution in [0.5, 0.6) is 0 Å². The van der Waals surface area contributed by atoms with Crippen LogP contribution in [0.4, 0.5) is 0 Å². The van der Waals surface area contributed by atoms with Gasteiger partial charge in [0.1, 0.15) is 0 Å². The van der Waals surface area contributed by atoms with E-state index in [1.807, 2.05) is 42.5 Å². The van der Waals surface area contributed by atoms with Gasteiger partial charge in [0.05, 0.1) is 11.5 Å². The minimum absolute atomic E-state index is 0.0281. The number of hydrogen-bond donors (Lipinski definition) is 0. The van der Waals surface area contributed by atoms with Crippen LogP contribution in [0.2, 0.25) is 5.02 Å². The quantitative estimate of drug-likeness (QED) is 0.734. The molecule has 1 unspecified atom stereocenters. The Hall–Kier alpha value is -2.11. The molecule has 1 aliphatic rings. The van der Waals surface area contributed by atoms with E-state index in [0.717, 1.165) is 11.1 Å². The maximum absolute atomic E-state index is 12.8. The normalized spacial score (nSPS) is 18.9. The molecular weight excluding hydrogens is 370 g/mol. The van der Waals surface area contributed by atoms with Gasteiger partial charge in [0.2, 0.25) is 5.91 Å². The first-order chi connectivity index (χ1) is 12.4. The van der Waals surface area contributed by atoms with Gasteiger partial charge in [-0.1, -0.05) is 54.1 Å². The Morgan fingerprint density at radius 3 is 2.42 bits per heavy atom. The fourth-order valence-electron chi connectivity index (χ4n) is 3.03. The summed E-state index contributed by atoms with van der Waals surface area (Å²) in [6.07, 6.45) is 3.70. The molecule has 1 fully saturated rings. The second-order valence-electron chi connectivity index (χ2n) is 6.39. The molecular formula is C20H20ClNO3S. The number of sulfone groups is 1. The average molecular weight is 390 g/mol. The summed E-state index contributed by atoms with van der Waals surface area (Å²) in [6, 6.07) is 16.5. The van der Waals surface area contributed by atoms with Gasteiger partial charge in [0, 0.05) is 23.7 Å². The highest BCUT2D eigenvalue weighted by molar-refractivity contribution is 7.91. The van der Waals surface area contributed by atoms with Gasteiger partial charge in [-0.05, 0) is 35.8 Å². The van der Waals surface area contributed by atoms with Gasteiger partial charge in [-0.2, -0.15) is 0 Å². The summed E-state index contributed by atoms with van der Waals surface area (Å²) in [6.45, 7) is 0.394. The predicted molar refractivity (Wildman–Crippen MR) is 105 cm³/mol. The zero-order valence-electron chi connectivity index (χ0n) is 14.2. The Morgan fingerprint density at radius 1 is 1.12 bits per heavy atom. The number of benzene rings is 2. The fraction of sp³-hybridized carbons (Fsp3) is 0.250. The van der Waals surface area contributed by atoms with Crippen LogP contribution in [0.1, 0.15) is 17.5 Å². The highest BCUT2D eigenvalue weighted by Gasteiger charge is 2.34. The van der Waals surface area contributed by atoms with Crippen molar-refractivity contribution in [3.63, 3.8) is 0 Å². The largest absolute Gasteiger partial charge is 0.331 e. The van der Waals surface area contributed by atoms with E-state index < -0.39 is 9.84 Å². The average Bonchev–Trinajstić information content (AvgIpc) is 2.99. The van der Waals surface area contributed by atoms with Crippen molar-refractivity contribution in [3.8, 4) is 0 Å². The molecule has 0 aromatic heterocycles. The van der Waals surface area contributed by atoms with E-state index in [1.165, 1.54) is 6.08 Å². The first-order valence-corrected chi connectivity index (χ1v) is 10.6. The minimum Gasteiger partial charge on any atom is -0.331 e. The molecule has 1 amide bonds. The third-order valence-corrected chi connectivity index (χ3v) is 6.42. The number of hydrogen-bond acceptors (Lipinski definition) is 3. The highest BCUT2D eigenvalue weighted by atomic mass is 35.5. The molecule has 3 rings (SSSR count). The molecule has 4 nitrogen and oxygen atoms in total. The second-order valence-corrected chi connectivity index (χ2v) is 9.06. The topological polar surface area (TPSA) is 54.5 Å². The second kappa shape index (κ2) is 8.06. The molecule has 0 aliphatic carbocycles. The first kappa shape index (κ1) is 18.7. The van der Waals surface area contributed by atoms with Gasteiger partial charge < -0.3 is 4.90 Å². The lowest BCUT2D eigenvalue weighted by atomic mass is 10.1. The molecule has 1 saturated heterocycles. The molecule has 136 valence electrons. The zero-order chi connectivity index (χ0) is 18.6. The summed E-state index contributed by atoms with van der Waals surface area (Å²) in [5.41, 5.74) is 1.84. The van der Waals surface area contributed by atoms with Crippen LogP contribution in [0.15, 0.2) is 60.7 Å². The number of carbonyl (C=O) groups is 1. The Kier molecular flexibility index (Phi) is 5.79. The van der Waals surface area contributed by atoms with Crippen molar-refractivity contribution in [2.45, 2.75) is 19.0 Å². The summed E-state index contributed by atoms with van der Waals surface area (Å²) < 4.78 is 23.7. The third-order valence-electron chi connectivity index (χ3n) is 4.42. The van der Waals surface area contributed by atoms with Crippen LogP contribution in [0.3, 0.4) is 0 Å². The Balaban J connectivity index is 1.79. The molecule has 0 spiro atoms. The number of nitrogens with zero attached hydrogens (tertiary/aromatic N) is 1. The smallest absolute Gasteiger partial charge is 0.247 e. The highest BCUT2D eigenvalue weighted by Crippen LogP contribution is 2.21. The van der Waals surface area contributed by atoms with Crippen molar-refractivity contribution in [1.82, 2.24) is 4.90 Å². The monoisotopic (exact) mass is 389 g/mol.